The smallest absolute Gasteiger partial charge is 0.239 e. The van der Waals surface area contributed by atoms with Crippen LogP contribution < -0.4 is 10.6 Å². The molecule has 1 aliphatic rings. The average Bonchev–Trinajstić information content (AvgIpc) is 2.41. The first kappa shape index (κ1) is 14.6. The van der Waals surface area contributed by atoms with Crippen molar-refractivity contribution in [2.24, 2.45) is 5.92 Å². The van der Waals surface area contributed by atoms with Crippen LogP contribution in [0, 0.1) is 5.92 Å². The number of carbonyl (C=O) groups excluding carboxylic acids is 2. The first-order valence-electron chi connectivity index (χ1n) is 7.34. The molecular weight excluding hydrogens is 252 g/mol. The maximum atomic E-state index is 11.6. The van der Waals surface area contributed by atoms with E-state index in [1.54, 1.807) is 0 Å². The molecule has 108 valence electrons. The molecule has 0 spiro atoms. The molecule has 0 atom stereocenters. The highest BCUT2D eigenvalue weighted by atomic mass is 16.2. The summed E-state index contributed by atoms with van der Waals surface area (Å²) in [7, 11) is 0. The Morgan fingerprint density at radius 3 is 2.50 bits per heavy atom. The number of hydrogen-bond acceptors (Lipinski definition) is 2. The molecule has 0 aliphatic heterocycles. The largest absolute Gasteiger partial charge is 0.355 e. The molecule has 0 saturated heterocycles. The lowest BCUT2D eigenvalue weighted by Crippen LogP contribution is -2.41. The summed E-state index contributed by atoms with van der Waals surface area (Å²) in [6.45, 7) is 0.744. The summed E-state index contributed by atoms with van der Waals surface area (Å²) in [5.74, 6) is 0.0577. The zero-order valence-corrected chi connectivity index (χ0v) is 11.7. The van der Waals surface area contributed by atoms with Gasteiger partial charge in [0.15, 0.2) is 0 Å². The fourth-order valence-electron chi connectivity index (χ4n) is 2.21. The van der Waals surface area contributed by atoms with Crippen molar-refractivity contribution in [2.75, 3.05) is 13.1 Å². The van der Waals surface area contributed by atoms with Gasteiger partial charge in [-0.3, -0.25) is 9.59 Å². The number of benzene rings is 1. The minimum absolute atomic E-state index is 0.0238. The predicted octanol–water partition coefficient (Wildman–Crippen LogP) is 1.65. The van der Waals surface area contributed by atoms with Crippen molar-refractivity contribution in [3.63, 3.8) is 0 Å². The SMILES string of the molecule is O=C(CNC(=O)C1CCC1)NCCCc1ccccc1. The van der Waals surface area contributed by atoms with Crippen molar-refractivity contribution < 1.29 is 9.59 Å². The highest BCUT2D eigenvalue weighted by molar-refractivity contribution is 5.86. The van der Waals surface area contributed by atoms with E-state index in [0.717, 1.165) is 32.1 Å². The Bertz CT molecular complexity index is 441. The van der Waals surface area contributed by atoms with E-state index in [2.05, 4.69) is 22.8 Å². The van der Waals surface area contributed by atoms with Crippen LogP contribution >= 0.6 is 0 Å². The average molecular weight is 274 g/mol. The van der Waals surface area contributed by atoms with Gasteiger partial charge in [-0.15, -0.1) is 0 Å². The Morgan fingerprint density at radius 2 is 1.85 bits per heavy atom. The Morgan fingerprint density at radius 1 is 1.10 bits per heavy atom. The van der Waals surface area contributed by atoms with Gasteiger partial charge in [0, 0.05) is 12.5 Å². The van der Waals surface area contributed by atoms with Crippen LogP contribution in [0.2, 0.25) is 0 Å². The quantitative estimate of drug-likeness (QED) is 0.743. The van der Waals surface area contributed by atoms with Gasteiger partial charge in [-0.25, -0.2) is 0 Å². The number of rotatable bonds is 7. The number of carbonyl (C=O) groups is 2. The molecule has 4 nitrogen and oxygen atoms in total. The van der Waals surface area contributed by atoms with Crippen LogP contribution in [0.3, 0.4) is 0 Å². The van der Waals surface area contributed by atoms with Gasteiger partial charge in [0.1, 0.15) is 0 Å². The molecule has 2 N–H and O–H groups in total. The molecule has 0 heterocycles. The van der Waals surface area contributed by atoms with Crippen LogP contribution in [-0.2, 0) is 16.0 Å². The van der Waals surface area contributed by atoms with Crippen LogP contribution in [0.4, 0.5) is 0 Å². The molecule has 2 amide bonds. The van der Waals surface area contributed by atoms with E-state index in [-0.39, 0.29) is 24.3 Å². The van der Waals surface area contributed by atoms with Gasteiger partial charge >= 0.3 is 0 Å². The van der Waals surface area contributed by atoms with Crippen LogP contribution in [0.1, 0.15) is 31.2 Å². The monoisotopic (exact) mass is 274 g/mol. The minimum atomic E-state index is -0.106. The second-order valence-corrected chi connectivity index (χ2v) is 5.28. The Balaban J connectivity index is 1.52. The zero-order chi connectivity index (χ0) is 14.2. The van der Waals surface area contributed by atoms with E-state index in [1.165, 1.54) is 5.56 Å². The zero-order valence-electron chi connectivity index (χ0n) is 11.7. The third kappa shape index (κ3) is 4.68. The predicted molar refractivity (Wildman–Crippen MR) is 78.1 cm³/mol. The van der Waals surface area contributed by atoms with E-state index in [9.17, 15) is 9.59 Å². The van der Waals surface area contributed by atoms with Crippen LogP contribution in [0.25, 0.3) is 0 Å². The Labute approximate surface area is 119 Å². The van der Waals surface area contributed by atoms with Gasteiger partial charge in [-0.2, -0.15) is 0 Å². The first-order chi connectivity index (χ1) is 9.75. The standard InChI is InChI=1S/C16H22N2O2/c19-15(12-18-16(20)14-9-4-10-14)17-11-5-8-13-6-2-1-3-7-13/h1-3,6-7,14H,4-5,8-12H2,(H,17,19)(H,18,20). The van der Waals surface area contributed by atoms with Gasteiger partial charge in [0.05, 0.1) is 6.54 Å². The molecule has 20 heavy (non-hydrogen) atoms. The van der Waals surface area contributed by atoms with E-state index in [1.807, 2.05) is 18.2 Å². The molecule has 1 aromatic carbocycles. The normalized spacial score (nSPS) is 14.4. The van der Waals surface area contributed by atoms with Crippen LogP contribution in [0.15, 0.2) is 30.3 Å². The van der Waals surface area contributed by atoms with Crippen molar-refractivity contribution in [1.29, 1.82) is 0 Å². The molecule has 2 rings (SSSR count). The van der Waals surface area contributed by atoms with E-state index in [4.69, 9.17) is 0 Å². The molecule has 1 fully saturated rings. The molecule has 4 heteroatoms. The van der Waals surface area contributed by atoms with E-state index < -0.39 is 0 Å². The highest BCUT2D eigenvalue weighted by Gasteiger charge is 2.25. The lowest BCUT2D eigenvalue weighted by Gasteiger charge is -2.23. The summed E-state index contributed by atoms with van der Waals surface area (Å²) in [5, 5.41) is 5.52. The second-order valence-electron chi connectivity index (χ2n) is 5.28. The molecule has 1 aromatic rings. The Kier molecular flexibility index (Phi) is 5.59. The summed E-state index contributed by atoms with van der Waals surface area (Å²) in [5.41, 5.74) is 1.28. The van der Waals surface area contributed by atoms with Crippen LogP contribution in [0.5, 0.6) is 0 Å². The van der Waals surface area contributed by atoms with Crippen molar-refractivity contribution in [2.45, 2.75) is 32.1 Å². The molecule has 1 saturated carbocycles. The first-order valence-corrected chi connectivity index (χ1v) is 7.34. The van der Waals surface area contributed by atoms with E-state index in [0.29, 0.717) is 6.54 Å². The van der Waals surface area contributed by atoms with Gasteiger partial charge in [0.25, 0.3) is 0 Å². The number of hydrogen-bond donors (Lipinski definition) is 2. The molecule has 1 aliphatic carbocycles. The fraction of sp³-hybridized carbons (Fsp3) is 0.500. The second kappa shape index (κ2) is 7.68. The number of nitrogens with one attached hydrogen (secondary N) is 2. The van der Waals surface area contributed by atoms with Gasteiger partial charge in [-0.05, 0) is 31.2 Å². The molecular formula is C16H22N2O2. The topological polar surface area (TPSA) is 58.2 Å². The summed E-state index contributed by atoms with van der Waals surface area (Å²) < 4.78 is 0. The summed E-state index contributed by atoms with van der Waals surface area (Å²) in [6, 6.07) is 10.2. The highest BCUT2D eigenvalue weighted by Crippen LogP contribution is 2.25. The van der Waals surface area contributed by atoms with Gasteiger partial charge in [0.2, 0.25) is 11.8 Å². The van der Waals surface area contributed by atoms with Crippen molar-refractivity contribution in [1.82, 2.24) is 10.6 Å². The lowest BCUT2D eigenvalue weighted by atomic mass is 9.85. The lowest BCUT2D eigenvalue weighted by molar-refractivity contribution is -0.130. The van der Waals surface area contributed by atoms with Gasteiger partial charge in [-0.1, -0.05) is 36.8 Å². The maximum Gasteiger partial charge on any atom is 0.239 e. The summed E-state index contributed by atoms with van der Waals surface area (Å²) >= 11 is 0. The summed E-state index contributed by atoms with van der Waals surface area (Å²) in [6.07, 6.45) is 4.92. The number of amides is 2. The maximum absolute atomic E-state index is 11.6. The third-order valence-electron chi connectivity index (χ3n) is 3.71. The molecule has 0 unspecified atom stereocenters. The third-order valence-corrected chi connectivity index (χ3v) is 3.71. The Hall–Kier alpha value is -1.84. The number of aryl methyl sites for hydroxylation is 1. The van der Waals surface area contributed by atoms with Crippen molar-refractivity contribution in [3.8, 4) is 0 Å². The fourth-order valence-corrected chi connectivity index (χ4v) is 2.21. The molecule has 0 radical (unpaired) electrons. The molecule has 0 aromatic heterocycles. The van der Waals surface area contributed by atoms with Crippen LogP contribution in [-0.4, -0.2) is 24.9 Å². The molecule has 0 bridgehead atoms. The minimum Gasteiger partial charge on any atom is -0.355 e. The van der Waals surface area contributed by atoms with Gasteiger partial charge < -0.3 is 10.6 Å². The van der Waals surface area contributed by atoms with E-state index >= 15 is 0 Å². The summed E-state index contributed by atoms with van der Waals surface area (Å²) in [4.78, 5) is 23.1. The van der Waals surface area contributed by atoms with Crippen molar-refractivity contribution in [3.05, 3.63) is 35.9 Å². The van der Waals surface area contributed by atoms with Crippen molar-refractivity contribution >= 4 is 11.8 Å².